The van der Waals surface area contributed by atoms with Crippen LogP contribution in [0.1, 0.15) is 28.4 Å². The molecule has 0 N–H and O–H groups in total. The summed E-state index contributed by atoms with van der Waals surface area (Å²) in [7, 11) is 0. The third-order valence-corrected chi connectivity index (χ3v) is 3.65. The number of fused-ring (bicyclic) bond motifs is 1. The van der Waals surface area contributed by atoms with Gasteiger partial charge in [0.05, 0.1) is 0 Å². The average molecular weight is 263 g/mol. The maximum absolute atomic E-state index is 12.7. The van der Waals surface area contributed by atoms with Crippen molar-refractivity contribution in [2.24, 2.45) is 0 Å². The van der Waals surface area contributed by atoms with Gasteiger partial charge in [0.15, 0.2) is 5.78 Å². The van der Waals surface area contributed by atoms with E-state index < -0.39 is 0 Å². The standard InChI is InChI=1S/C18H17NO/c1-3-19-12-16(15-9-4-5-10-17(15)19)18(20)14-8-6-7-13(2)11-14/h4-12H,3H2,1-2H3. The minimum atomic E-state index is 0.0945. The average Bonchev–Trinajstić information content (AvgIpc) is 2.85. The van der Waals surface area contributed by atoms with Crippen LogP contribution >= 0.6 is 0 Å². The number of carbonyl (C=O) groups excluding carboxylic acids is 1. The molecule has 0 radical (unpaired) electrons. The Kier molecular flexibility index (Phi) is 3.15. The summed E-state index contributed by atoms with van der Waals surface area (Å²) in [6.45, 7) is 4.96. The predicted octanol–water partition coefficient (Wildman–Crippen LogP) is 4.20. The number of hydrogen-bond acceptors (Lipinski definition) is 1. The lowest BCUT2D eigenvalue weighted by Gasteiger charge is -2.01. The van der Waals surface area contributed by atoms with Gasteiger partial charge < -0.3 is 4.57 Å². The molecule has 0 aliphatic heterocycles. The number of rotatable bonds is 3. The van der Waals surface area contributed by atoms with Gasteiger partial charge in [0.2, 0.25) is 0 Å². The molecule has 0 fully saturated rings. The van der Waals surface area contributed by atoms with Gasteiger partial charge in [-0.25, -0.2) is 0 Å². The van der Waals surface area contributed by atoms with Gasteiger partial charge in [0.25, 0.3) is 0 Å². The molecule has 0 spiro atoms. The van der Waals surface area contributed by atoms with Gasteiger partial charge in [0, 0.05) is 34.8 Å². The van der Waals surface area contributed by atoms with Gasteiger partial charge in [0.1, 0.15) is 0 Å². The Balaban J connectivity index is 2.17. The van der Waals surface area contributed by atoms with Crippen LogP contribution in [0, 0.1) is 6.92 Å². The Morgan fingerprint density at radius 1 is 1.10 bits per heavy atom. The highest BCUT2D eigenvalue weighted by atomic mass is 16.1. The molecule has 2 heteroatoms. The molecule has 0 aliphatic carbocycles. The topological polar surface area (TPSA) is 22.0 Å². The Labute approximate surface area is 118 Å². The molecule has 0 saturated heterocycles. The number of carbonyl (C=O) groups is 1. The van der Waals surface area contributed by atoms with E-state index in [0.29, 0.717) is 0 Å². The third kappa shape index (κ3) is 2.03. The van der Waals surface area contributed by atoms with Gasteiger partial charge in [-0.15, -0.1) is 0 Å². The second-order valence-electron chi connectivity index (χ2n) is 5.04. The van der Waals surface area contributed by atoms with E-state index in [0.717, 1.165) is 34.1 Å². The van der Waals surface area contributed by atoms with Crippen LogP contribution in [0.5, 0.6) is 0 Å². The summed E-state index contributed by atoms with van der Waals surface area (Å²) in [6, 6.07) is 15.8. The van der Waals surface area contributed by atoms with E-state index in [-0.39, 0.29) is 5.78 Å². The van der Waals surface area contributed by atoms with E-state index in [2.05, 4.69) is 17.6 Å². The van der Waals surface area contributed by atoms with Gasteiger partial charge >= 0.3 is 0 Å². The van der Waals surface area contributed by atoms with Gasteiger partial charge in [-0.3, -0.25) is 4.79 Å². The number of para-hydroxylation sites is 1. The molecule has 100 valence electrons. The molecule has 3 aromatic rings. The first-order valence-electron chi connectivity index (χ1n) is 6.90. The number of aryl methyl sites for hydroxylation is 2. The van der Waals surface area contributed by atoms with Crippen molar-refractivity contribution in [3.8, 4) is 0 Å². The zero-order chi connectivity index (χ0) is 14.1. The summed E-state index contributed by atoms with van der Waals surface area (Å²) < 4.78 is 2.12. The Hall–Kier alpha value is -2.35. The second-order valence-corrected chi connectivity index (χ2v) is 5.04. The maximum Gasteiger partial charge on any atom is 0.195 e. The molecule has 20 heavy (non-hydrogen) atoms. The highest BCUT2D eigenvalue weighted by Gasteiger charge is 2.15. The first kappa shape index (κ1) is 12.7. The van der Waals surface area contributed by atoms with Crippen LogP contribution < -0.4 is 0 Å². The lowest BCUT2D eigenvalue weighted by Crippen LogP contribution is -2.01. The van der Waals surface area contributed by atoms with Crippen LogP contribution in [0.2, 0.25) is 0 Å². The summed E-state index contributed by atoms with van der Waals surface area (Å²) in [5.74, 6) is 0.0945. The lowest BCUT2D eigenvalue weighted by molar-refractivity contribution is 0.104. The SMILES string of the molecule is CCn1cc(C(=O)c2cccc(C)c2)c2ccccc21. The first-order valence-corrected chi connectivity index (χ1v) is 6.90. The predicted molar refractivity (Wildman–Crippen MR) is 82.2 cm³/mol. The Bertz CT molecular complexity index is 783. The van der Waals surface area contributed by atoms with E-state index in [1.165, 1.54) is 0 Å². The molecule has 0 unspecified atom stereocenters. The van der Waals surface area contributed by atoms with Crippen LogP contribution in [0.3, 0.4) is 0 Å². The summed E-state index contributed by atoms with van der Waals surface area (Å²) in [6.07, 6.45) is 1.97. The summed E-state index contributed by atoms with van der Waals surface area (Å²) in [4.78, 5) is 12.7. The van der Waals surface area contributed by atoms with Crippen molar-refractivity contribution in [1.82, 2.24) is 4.57 Å². The zero-order valence-electron chi connectivity index (χ0n) is 11.8. The monoisotopic (exact) mass is 263 g/mol. The van der Waals surface area contributed by atoms with Crippen molar-refractivity contribution < 1.29 is 4.79 Å². The minimum absolute atomic E-state index is 0.0945. The number of benzene rings is 2. The van der Waals surface area contributed by atoms with E-state index in [1.54, 1.807) is 0 Å². The summed E-state index contributed by atoms with van der Waals surface area (Å²) in [5.41, 5.74) is 3.76. The molecular formula is C18H17NO. The first-order chi connectivity index (χ1) is 9.70. The molecule has 0 bridgehead atoms. The highest BCUT2D eigenvalue weighted by molar-refractivity contribution is 6.16. The second kappa shape index (κ2) is 4.97. The number of aromatic nitrogens is 1. The molecular weight excluding hydrogens is 246 g/mol. The zero-order valence-corrected chi connectivity index (χ0v) is 11.8. The van der Waals surface area contributed by atoms with Crippen molar-refractivity contribution in [2.75, 3.05) is 0 Å². The fourth-order valence-corrected chi connectivity index (χ4v) is 2.63. The van der Waals surface area contributed by atoms with Gasteiger partial charge in [-0.05, 0) is 26.0 Å². The van der Waals surface area contributed by atoms with Crippen molar-refractivity contribution in [3.05, 3.63) is 71.4 Å². The van der Waals surface area contributed by atoms with E-state index >= 15 is 0 Å². The maximum atomic E-state index is 12.7. The summed E-state index contributed by atoms with van der Waals surface area (Å²) >= 11 is 0. The van der Waals surface area contributed by atoms with E-state index in [1.807, 2.05) is 55.6 Å². The molecule has 0 saturated carbocycles. The molecule has 0 atom stereocenters. The van der Waals surface area contributed by atoms with Crippen molar-refractivity contribution in [2.45, 2.75) is 20.4 Å². The molecule has 0 aliphatic rings. The molecule has 3 rings (SSSR count). The van der Waals surface area contributed by atoms with Gasteiger partial charge in [-0.1, -0.05) is 42.0 Å². The molecule has 1 aromatic heterocycles. The van der Waals surface area contributed by atoms with Crippen LogP contribution in [0.25, 0.3) is 10.9 Å². The number of nitrogens with zero attached hydrogens (tertiary/aromatic N) is 1. The molecule has 0 amide bonds. The van der Waals surface area contributed by atoms with Crippen LogP contribution in [-0.4, -0.2) is 10.4 Å². The van der Waals surface area contributed by atoms with Crippen molar-refractivity contribution in [3.63, 3.8) is 0 Å². The number of hydrogen-bond donors (Lipinski definition) is 0. The van der Waals surface area contributed by atoms with Crippen molar-refractivity contribution >= 4 is 16.7 Å². The normalized spacial score (nSPS) is 10.9. The summed E-state index contributed by atoms with van der Waals surface area (Å²) in [5, 5.41) is 1.03. The van der Waals surface area contributed by atoms with Gasteiger partial charge in [-0.2, -0.15) is 0 Å². The fourth-order valence-electron chi connectivity index (χ4n) is 2.63. The number of ketones is 1. The van der Waals surface area contributed by atoms with Crippen molar-refractivity contribution in [1.29, 1.82) is 0 Å². The van der Waals surface area contributed by atoms with Crippen LogP contribution in [0.15, 0.2) is 54.7 Å². The molecule has 2 aromatic carbocycles. The largest absolute Gasteiger partial charge is 0.347 e. The Morgan fingerprint density at radius 3 is 2.65 bits per heavy atom. The quantitative estimate of drug-likeness (QED) is 0.649. The van der Waals surface area contributed by atoms with E-state index in [9.17, 15) is 4.79 Å². The molecule has 2 nitrogen and oxygen atoms in total. The lowest BCUT2D eigenvalue weighted by atomic mass is 10.0. The smallest absolute Gasteiger partial charge is 0.195 e. The fraction of sp³-hybridized carbons (Fsp3) is 0.167. The minimum Gasteiger partial charge on any atom is -0.347 e. The van der Waals surface area contributed by atoms with Crippen LogP contribution in [0.4, 0.5) is 0 Å². The van der Waals surface area contributed by atoms with E-state index in [4.69, 9.17) is 0 Å². The van der Waals surface area contributed by atoms with Crippen LogP contribution in [-0.2, 0) is 6.54 Å². The molecule has 1 heterocycles. The highest BCUT2D eigenvalue weighted by Crippen LogP contribution is 2.24. The third-order valence-electron chi connectivity index (χ3n) is 3.65. The Morgan fingerprint density at radius 2 is 1.90 bits per heavy atom.